The highest BCUT2D eigenvalue weighted by molar-refractivity contribution is 4.70. The van der Waals surface area contributed by atoms with E-state index in [2.05, 4.69) is 11.8 Å². The number of nitrogens with zero attached hydrogens (tertiary/aromatic N) is 1. The fourth-order valence-corrected chi connectivity index (χ4v) is 1.51. The summed E-state index contributed by atoms with van der Waals surface area (Å²) in [5.74, 6) is 0. The van der Waals surface area contributed by atoms with Crippen LogP contribution in [0.3, 0.4) is 0 Å². The van der Waals surface area contributed by atoms with Crippen LogP contribution in [0.2, 0.25) is 0 Å². The molecule has 0 saturated carbocycles. The summed E-state index contributed by atoms with van der Waals surface area (Å²) in [5.41, 5.74) is 0. The van der Waals surface area contributed by atoms with Crippen molar-refractivity contribution in [3.63, 3.8) is 0 Å². The Morgan fingerprint density at radius 1 is 1.58 bits per heavy atom. The summed E-state index contributed by atoms with van der Waals surface area (Å²) in [6.07, 6.45) is 1.13. The van der Waals surface area contributed by atoms with Crippen LogP contribution in [0.4, 0.5) is 0 Å². The Morgan fingerprint density at radius 3 is 3.08 bits per heavy atom. The van der Waals surface area contributed by atoms with Gasteiger partial charge >= 0.3 is 0 Å². The van der Waals surface area contributed by atoms with Gasteiger partial charge in [0.2, 0.25) is 0 Å². The van der Waals surface area contributed by atoms with Gasteiger partial charge in [0.15, 0.2) is 0 Å². The molecular weight excluding hydrogens is 154 g/mol. The van der Waals surface area contributed by atoms with E-state index in [1.165, 1.54) is 0 Å². The Morgan fingerprint density at radius 2 is 2.42 bits per heavy atom. The van der Waals surface area contributed by atoms with Gasteiger partial charge in [-0.25, -0.2) is 0 Å². The molecule has 3 heteroatoms. The molecule has 1 heterocycles. The zero-order chi connectivity index (χ0) is 8.81. The van der Waals surface area contributed by atoms with Gasteiger partial charge in [-0.05, 0) is 13.3 Å². The van der Waals surface area contributed by atoms with Crippen molar-refractivity contribution in [3.05, 3.63) is 0 Å². The van der Waals surface area contributed by atoms with Crippen molar-refractivity contribution in [1.29, 1.82) is 0 Å². The summed E-state index contributed by atoms with van der Waals surface area (Å²) in [7, 11) is 1.75. The third-order valence-electron chi connectivity index (χ3n) is 2.30. The smallest absolute Gasteiger partial charge is 0.0619 e. The minimum atomic E-state index is 0.579. The van der Waals surface area contributed by atoms with Crippen molar-refractivity contribution in [3.8, 4) is 0 Å². The molecule has 0 bridgehead atoms. The van der Waals surface area contributed by atoms with Gasteiger partial charge in [-0.3, -0.25) is 4.90 Å². The second kappa shape index (κ2) is 5.51. The lowest BCUT2D eigenvalue weighted by Crippen LogP contribution is -2.44. The third kappa shape index (κ3) is 3.09. The van der Waals surface area contributed by atoms with Gasteiger partial charge in [0.25, 0.3) is 0 Å². The summed E-state index contributed by atoms with van der Waals surface area (Å²) >= 11 is 0. The molecule has 1 aliphatic rings. The fourth-order valence-electron chi connectivity index (χ4n) is 1.51. The molecule has 1 fully saturated rings. The number of methoxy groups -OCH3 is 1. The monoisotopic (exact) mass is 173 g/mol. The molecule has 0 amide bonds. The largest absolute Gasteiger partial charge is 0.385 e. The molecule has 0 N–H and O–H groups in total. The maximum absolute atomic E-state index is 5.35. The summed E-state index contributed by atoms with van der Waals surface area (Å²) in [5, 5.41) is 0. The van der Waals surface area contributed by atoms with Gasteiger partial charge in [-0.15, -0.1) is 0 Å². The molecule has 12 heavy (non-hydrogen) atoms. The van der Waals surface area contributed by atoms with Crippen LogP contribution in [0, 0.1) is 0 Å². The molecule has 0 aromatic carbocycles. The van der Waals surface area contributed by atoms with E-state index in [0.717, 1.165) is 39.3 Å². The SMILES string of the molecule is COCCCN1CCOC[C@@H]1C. The normalized spacial score (nSPS) is 26.0. The molecule has 72 valence electrons. The first-order valence-electron chi connectivity index (χ1n) is 4.65. The van der Waals surface area contributed by atoms with E-state index >= 15 is 0 Å². The predicted molar refractivity (Wildman–Crippen MR) is 48.3 cm³/mol. The second-order valence-electron chi connectivity index (χ2n) is 3.31. The van der Waals surface area contributed by atoms with Gasteiger partial charge in [0, 0.05) is 32.8 Å². The van der Waals surface area contributed by atoms with E-state index in [0.29, 0.717) is 6.04 Å². The van der Waals surface area contributed by atoms with Crippen LogP contribution >= 0.6 is 0 Å². The lowest BCUT2D eigenvalue weighted by atomic mass is 10.2. The zero-order valence-electron chi connectivity index (χ0n) is 8.08. The first kappa shape index (κ1) is 9.96. The lowest BCUT2D eigenvalue weighted by Gasteiger charge is -2.33. The van der Waals surface area contributed by atoms with E-state index in [1.54, 1.807) is 7.11 Å². The molecule has 1 rings (SSSR count). The molecule has 0 aromatic heterocycles. The van der Waals surface area contributed by atoms with E-state index < -0.39 is 0 Å². The highest BCUT2D eigenvalue weighted by atomic mass is 16.5. The number of morpholine rings is 1. The highest BCUT2D eigenvalue weighted by Gasteiger charge is 2.17. The Kier molecular flexibility index (Phi) is 4.58. The molecule has 0 aliphatic carbocycles. The minimum Gasteiger partial charge on any atom is -0.385 e. The van der Waals surface area contributed by atoms with Crippen LogP contribution in [-0.2, 0) is 9.47 Å². The van der Waals surface area contributed by atoms with E-state index in [9.17, 15) is 0 Å². The highest BCUT2D eigenvalue weighted by Crippen LogP contribution is 2.06. The van der Waals surface area contributed by atoms with Crippen LogP contribution in [-0.4, -0.2) is 51.0 Å². The Hall–Kier alpha value is -0.120. The molecule has 0 unspecified atom stereocenters. The van der Waals surface area contributed by atoms with Crippen molar-refractivity contribution in [2.45, 2.75) is 19.4 Å². The summed E-state index contributed by atoms with van der Waals surface area (Å²) in [4.78, 5) is 2.46. The van der Waals surface area contributed by atoms with E-state index in [-0.39, 0.29) is 0 Å². The minimum absolute atomic E-state index is 0.579. The Labute approximate surface area is 74.6 Å². The predicted octanol–water partition coefficient (Wildman–Crippen LogP) is 0.744. The third-order valence-corrected chi connectivity index (χ3v) is 2.30. The molecule has 1 atom stereocenters. The van der Waals surface area contributed by atoms with Crippen LogP contribution < -0.4 is 0 Å². The lowest BCUT2D eigenvalue weighted by molar-refractivity contribution is -0.00327. The van der Waals surface area contributed by atoms with E-state index in [1.807, 2.05) is 0 Å². The number of ether oxygens (including phenoxy) is 2. The van der Waals surface area contributed by atoms with E-state index in [4.69, 9.17) is 9.47 Å². The maximum Gasteiger partial charge on any atom is 0.0619 e. The van der Waals surface area contributed by atoms with Gasteiger partial charge < -0.3 is 9.47 Å². The summed E-state index contributed by atoms with van der Waals surface area (Å²) < 4.78 is 10.4. The van der Waals surface area contributed by atoms with Crippen molar-refractivity contribution in [2.24, 2.45) is 0 Å². The van der Waals surface area contributed by atoms with Crippen LogP contribution in [0.15, 0.2) is 0 Å². The van der Waals surface area contributed by atoms with Gasteiger partial charge in [0.1, 0.15) is 0 Å². The average molecular weight is 173 g/mol. The summed E-state index contributed by atoms with van der Waals surface area (Å²) in [6.45, 7) is 7.06. The fraction of sp³-hybridized carbons (Fsp3) is 1.00. The van der Waals surface area contributed by atoms with Crippen molar-refractivity contribution in [1.82, 2.24) is 4.90 Å². The molecule has 0 spiro atoms. The quantitative estimate of drug-likeness (QED) is 0.585. The molecule has 1 aliphatic heterocycles. The van der Waals surface area contributed by atoms with Crippen molar-refractivity contribution < 1.29 is 9.47 Å². The molecule has 0 radical (unpaired) electrons. The van der Waals surface area contributed by atoms with Crippen molar-refractivity contribution in [2.75, 3.05) is 40.0 Å². The average Bonchev–Trinajstić information content (AvgIpc) is 2.09. The zero-order valence-corrected chi connectivity index (χ0v) is 8.08. The molecule has 1 saturated heterocycles. The molecular formula is C9H19NO2. The topological polar surface area (TPSA) is 21.7 Å². The standard InChI is InChI=1S/C9H19NO2/c1-9-8-12-7-5-10(9)4-3-6-11-2/h9H,3-8H2,1-2H3/t9-/m0/s1. The second-order valence-corrected chi connectivity index (χ2v) is 3.31. The molecule has 3 nitrogen and oxygen atoms in total. The number of hydrogen-bond donors (Lipinski definition) is 0. The number of hydrogen-bond acceptors (Lipinski definition) is 3. The summed E-state index contributed by atoms with van der Waals surface area (Å²) in [6, 6.07) is 0.579. The van der Waals surface area contributed by atoms with Crippen molar-refractivity contribution >= 4 is 0 Å². The number of rotatable bonds is 4. The molecule has 0 aromatic rings. The van der Waals surface area contributed by atoms with Crippen LogP contribution in [0.25, 0.3) is 0 Å². The first-order chi connectivity index (χ1) is 5.84. The van der Waals surface area contributed by atoms with Crippen LogP contribution in [0.1, 0.15) is 13.3 Å². The van der Waals surface area contributed by atoms with Gasteiger partial charge in [-0.2, -0.15) is 0 Å². The van der Waals surface area contributed by atoms with Gasteiger partial charge in [-0.1, -0.05) is 0 Å². The van der Waals surface area contributed by atoms with Gasteiger partial charge in [0.05, 0.1) is 13.2 Å². The first-order valence-corrected chi connectivity index (χ1v) is 4.65. The Balaban J connectivity index is 2.11. The Bertz CT molecular complexity index is 119. The van der Waals surface area contributed by atoms with Crippen LogP contribution in [0.5, 0.6) is 0 Å². The maximum atomic E-state index is 5.35.